The number of anilines is 1. The zero-order valence-corrected chi connectivity index (χ0v) is 14.2. The van der Waals surface area contributed by atoms with E-state index in [-0.39, 0.29) is 11.5 Å². The molecule has 0 N–H and O–H groups in total. The highest BCUT2D eigenvalue weighted by Gasteiger charge is 2.13. The summed E-state index contributed by atoms with van der Waals surface area (Å²) in [7, 11) is 0. The van der Waals surface area contributed by atoms with Crippen molar-refractivity contribution in [3.63, 3.8) is 0 Å². The predicted molar refractivity (Wildman–Crippen MR) is 98.3 cm³/mol. The molecule has 0 saturated carbocycles. The fraction of sp³-hybridized carbons (Fsp3) is 0.350. The molecule has 0 unspecified atom stereocenters. The van der Waals surface area contributed by atoms with Gasteiger partial charge < -0.3 is 4.90 Å². The van der Waals surface area contributed by atoms with Gasteiger partial charge in [0.25, 0.3) is 5.69 Å². The molecule has 130 valence electrons. The van der Waals surface area contributed by atoms with Crippen molar-refractivity contribution in [2.45, 2.75) is 32.1 Å². The number of aryl methyl sites for hydroxylation is 1. The second-order valence-corrected chi connectivity index (χ2v) is 6.44. The molecule has 2 aromatic rings. The van der Waals surface area contributed by atoms with Gasteiger partial charge in [-0.3, -0.25) is 14.9 Å². The molecule has 5 nitrogen and oxygen atoms in total. The van der Waals surface area contributed by atoms with Gasteiger partial charge in [-0.2, -0.15) is 0 Å². The molecular formula is C20H22N2O3. The maximum atomic E-state index is 12.4. The Hall–Kier alpha value is -2.69. The van der Waals surface area contributed by atoms with Crippen LogP contribution in [0.1, 0.15) is 41.6 Å². The van der Waals surface area contributed by atoms with Gasteiger partial charge in [0.2, 0.25) is 0 Å². The number of hydrogen-bond donors (Lipinski definition) is 0. The van der Waals surface area contributed by atoms with Crippen molar-refractivity contribution in [1.82, 2.24) is 0 Å². The number of nitro groups is 1. The minimum absolute atomic E-state index is 0.0656. The Bertz CT molecular complexity index is 750. The van der Waals surface area contributed by atoms with Crippen LogP contribution in [0.3, 0.4) is 0 Å². The number of nitrogens with zero attached hydrogens (tertiary/aromatic N) is 2. The molecule has 1 aliphatic rings. The quantitative estimate of drug-likeness (QED) is 0.445. The van der Waals surface area contributed by atoms with Gasteiger partial charge in [-0.15, -0.1) is 0 Å². The predicted octanol–water partition coefficient (Wildman–Crippen LogP) is 4.40. The first-order chi connectivity index (χ1) is 12.1. The van der Waals surface area contributed by atoms with Crippen LogP contribution in [-0.4, -0.2) is 23.8 Å². The van der Waals surface area contributed by atoms with E-state index in [0.29, 0.717) is 18.4 Å². The van der Waals surface area contributed by atoms with E-state index in [0.717, 1.165) is 18.7 Å². The molecule has 0 spiro atoms. The monoisotopic (exact) mass is 338 g/mol. The minimum atomic E-state index is -0.412. The molecular weight excluding hydrogens is 316 g/mol. The van der Waals surface area contributed by atoms with Crippen LogP contribution < -0.4 is 4.90 Å². The second-order valence-electron chi connectivity index (χ2n) is 6.44. The molecule has 5 heteroatoms. The fourth-order valence-electron chi connectivity index (χ4n) is 3.24. The van der Waals surface area contributed by atoms with Crippen LogP contribution in [-0.2, 0) is 6.42 Å². The number of nitro benzene ring substituents is 1. The third-order valence-electron chi connectivity index (χ3n) is 4.67. The van der Waals surface area contributed by atoms with Crippen LogP contribution in [0.25, 0.3) is 0 Å². The molecule has 0 atom stereocenters. The average Bonchev–Trinajstić information content (AvgIpc) is 2.67. The molecule has 0 amide bonds. The lowest BCUT2D eigenvalue weighted by Gasteiger charge is -2.28. The van der Waals surface area contributed by atoms with E-state index < -0.39 is 4.92 Å². The molecule has 1 saturated heterocycles. The van der Waals surface area contributed by atoms with Crippen LogP contribution >= 0.6 is 0 Å². The summed E-state index contributed by atoms with van der Waals surface area (Å²) in [4.78, 5) is 25.1. The lowest BCUT2D eigenvalue weighted by atomic mass is 10.0. The number of hydrogen-bond acceptors (Lipinski definition) is 4. The normalized spacial score (nSPS) is 14.3. The zero-order chi connectivity index (χ0) is 17.6. The number of rotatable bonds is 6. The Kier molecular flexibility index (Phi) is 5.43. The minimum Gasteiger partial charge on any atom is -0.372 e. The van der Waals surface area contributed by atoms with Crippen molar-refractivity contribution in [2.75, 3.05) is 18.0 Å². The summed E-state index contributed by atoms with van der Waals surface area (Å²) in [6, 6.07) is 14.3. The number of benzene rings is 2. The maximum Gasteiger partial charge on any atom is 0.269 e. The first-order valence-electron chi connectivity index (χ1n) is 8.75. The molecule has 2 aromatic carbocycles. The van der Waals surface area contributed by atoms with Crippen molar-refractivity contribution >= 4 is 17.2 Å². The number of Topliss-reactive ketones (excluding diaryl/α,β-unsaturated/α-hetero) is 1. The van der Waals surface area contributed by atoms with E-state index in [2.05, 4.69) is 4.90 Å². The molecule has 1 heterocycles. The molecule has 0 bridgehead atoms. The van der Waals surface area contributed by atoms with Crippen molar-refractivity contribution in [2.24, 2.45) is 0 Å². The van der Waals surface area contributed by atoms with E-state index in [1.807, 2.05) is 30.3 Å². The highest BCUT2D eigenvalue weighted by Crippen LogP contribution is 2.21. The zero-order valence-electron chi connectivity index (χ0n) is 14.2. The summed E-state index contributed by atoms with van der Waals surface area (Å²) in [6.45, 7) is 2.17. The van der Waals surface area contributed by atoms with Crippen LogP contribution in [0.2, 0.25) is 0 Å². The smallest absolute Gasteiger partial charge is 0.269 e. The number of ketones is 1. The van der Waals surface area contributed by atoms with Crippen molar-refractivity contribution in [3.8, 4) is 0 Å². The van der Waals surface area contributed by atoms with E-state index in [1.165, 1.54) is 37.1 Å². The number of carbonyl (C=O) groups is 1. The Morgan fingerprint density at radius 2 is 1.76 bits per heavy atom. The van der Waals surface area contributed by atoms with E-state index >= 15 is 0 Å². The average molecular weight is 338 g/mol. The standard InChI is InChI=1S/C20H22N2O3/c23-20(12-7-16-5-4-6-19(15-16)22(24)25)17-8-10-18(11-9-17)21-13-2-1-3-14-21/h4-6,8-11,15H,1-3,7,12-14H2. The van der Waals surface area contributed by atoms with Gasteiger partial charge in [0.05, 0.1) is 4.92 Å². The summed E-state index contributed by atoms with van der Waals surface area (Å²) < 4.78 is 0. The SMILES string of the molecule is O=C(CCc1cccc([N+](=O)[O-])c1)c1ccc(N2CCCCC2)cc1. The lowest BCUT2D eigenvalue weighted by molar-refractivity contribution is -0.384. The van der Waals surface area contributed by atoms with Gasteiger partial charge in [-0.05, 0) is 55.5 Å². The summed E-state index contributed by atoms with van der Waals surface area (Å²) in [5, 5.41) is 10.8. The highest BCUT2D eigenvalue weighted by atomic mass is 16.6. The maximum absolute atomic E-state index is 12.4. The van der Waals surface area contributed by atoms with Crippen molar-refractivity contribution in [3.05, 3.63) is 69.8 Å². The molecule has 3 rings (SSSR count). The van der Waals surface area contributed by atoms with Gasteiger partial charge in [-0.25, -0.2) is 0 Å². The first kappa shape index (κ1) is 17.1. The largest absolute Gasteiger partial charge is 0.372 e. The van der Waals surface area contributed by atoms with Gasteiger partial charge in [0.15, 0.2) is 5.78 Å². The first-order valence-corrected chi connectivity index (χ1v) is 8.75. The van der Waals surface area contributed by atoms with E-state index in [4.69, 9.17) is 0 Å². The Morgan fingerprint density at radius 3 is 2.44 bits per heavy atom. The Morgan fingerprint density at radius 1 is 1.04 bits per heavy atom. The summed E-state index contributed by atoms with van der Waals surface area (Å²) in [6.07, 6.45) is 4.61. The van der Waals surface area contributed by atoms with Crippen LogP contribution in [0.5, 0.6) is 0 Å². The summed E-state index contributed by atoms with van der Waals surface area (Å²) >= 11 is 0. The third-order valence-corrected chi connectivity index (χ3v) is 4.67. The molecule has 0 aliphatic carbocycles. The molecule has 0 aromatic heterocycles. The Balaban J connectivity index is 1.59. The molecule has 0 radical (unpaired) electrons. The van der Waals surface area contributed by atoms with Gasteiger partial charge >= 0.3 is 0 Å². The van der Waals surface area contributed by atoms with E-state index in [1.54, 1.807) is 6.07 Å². The lowest BCUT2D eigenvalue weighted by Crippen LogP contribution is -2.29. The summed E-state index contributed by atoms with van der Waals surface area (Å²) in [5.41, 5.74) is 2.75. The topological polar surface area (TPSA) is 63.4 Å². The van der Waals surface area contributed by atoms with Crippen LogP contribution in [0.4, 0.5) is 11.4 Å². The third kappa shape index (κ3) is 4.44. The van der Waals surface area contributed by atoms with Crippen molar-refractivity contribution < 1.29 is 9.72 Å². The van der Waals surface area contributed by atoms with Crippen LogP contribution in [0, 0.1) is 10.1 Å². The molecule has 1 fully saturated rings. The van der Waals surface area contributed by atoms with Gasteiger partial charge in [-0.1, -0.05) is 12.1 Å². The molecule has 1 aliphatic heterocycles. The van der Waals surface area contributed by atoms with Gasteiger partial charge in [0.1, 0.15) is 0 Å². The molecule has 25 heavy (non-hydrogen) atoms. The Labute approximate surface area is 147 Å². The fourth-order valence-corrected chi connectivity index (χ4v) is 3.24. The number of non-ortho nitro benzene ring substituents is 1. The second kappa shape index (κ2) is 7.92. The van der Waals surface area contributed by atoms with Crippen LogP contribution in [0.15, 0.2) is 48.5 Å². The highest BCUT2D eigenvalue weighted by molar-refractivity contribution is 5.96. The number of piperidine rings is 1. The van der Waals surface area contributed by atoms with Crippen molar-refractivity contribution in [1.29, 1.82) is 0 Å². The summed E-state index contributed by atoms with van der Waals surface area (Å²) in [5.74, 6) is 0.0664. The number of carbonyl (C=O) groups excluding carboxylic acids is 1. The van der Waals surface area contributed by atoms with E-state index in [9.17, 15) is 14.9 Å². The van der Waals surface area contributed by atoms with Gasteiger partial charge in [0, 0.05) is 42.9 Å².